The van der Waals surface area contributed by atoms with Gasteiger partial charge in [-0.25, -0.2) is 4.98 Å². The predicted octanol–water partition coefficient (Wildman–Crippen LogP) is 4.17. The van der Waals surface area contributed by atoms with Crippen LogP contribution in [0.25, 0.3) is 11.5 Å². The molecule has 7 heteroatoms. The second-order valence-electron chi connectivity index (χ2n) is 6.53. The van der Waals surface area contributed by atoms with Crippen LogP contribution in [-0.4, -0.2) is 32.2 Å². The quantitative estimate of drug-likeness (QED) is 0.646. The van der Waals surface area contributed by atoms with E-state index < -0.39 is 0 Å². The Morgan fingerprint density at radius 2 is 1.72 bits per heavy atom. The largest absolute Gasteiger partial charge is 0.493 e. The number of hydrogen-bond donors (Lipinski definition) is 1. The smallest absolute Gasteiger partial charge is 0.230 e. The van der Waals surface area contributed by atoms with Gasteiger partial charge in [0.25, 0.3) is 0 Å². The highest BCUT2D eigenvalue weighted by Crippen LogP contribution is 2.40. The number of methoxy groups -OCH3 is 3. The molecule has 1 aromatic heterocycles. The summed E-state index contributed by atoms with van der Waals surface area (Å²) in [6.07, 6.45) is 0.0812. The highest BCUT2D eigenvalue weighted by molar-refractivity contribution is 5.93. The minimum absolute atomic E-state index is 0.0812. The molecule has 0 aliphatic heterocycles. The Kier molecular flexibility index (Phi) is 6.07. The molecule has 0 unspecified atom stereocenters. The van der Waals surface area contributed by atoms with Crippen molar-refractivity contribution < 1.29 is 23.4 Å². The molecule has 3 rings (SSSR count). The molecule has 1 heterocycles. The fourth-order valence-corrected chi connectivity index (χ4v) is 3.00. The number of carbonyl (C=O) groups excluding carboxylic acids is 1. The lowest BCUT2D eigenvalue weighted by molar-refractivity contribution is -0.115. The van der Waals surface area contributed by atoms with Crippen molar-refractivity contribution >= 4 is 11.6 Å². The summed E-state index contributed by atoms with van der Waals surface area (Å²) < 4.78 is 21.7. The van der Waals surface area contributed by atoms with Gasteiger partial charge >= 0.3 is 0 Å². The molecule has 0 saturated carbocycles. The van der Waals surface area contributed by atoms with Gasteiger partial charge in [-0.05, 0) is 26.0 Å². The summed E-state index contributed by atoms with van der Waals surface area (Å²) in [5, 5.41) is 2.84. The van der Waals surface area contributed by atoms with Gasteiger partial charge < -0.3 is 23.9 Å². The molecule has 0 bridgehead atoms. The van der Waals surface area contributed by atoms with Gasteiger partial charge in [-0.1, -0.05) is 17.7 Å². The van der Waals surface area contributed by atoms with E-state index in [0.29, 0.717) is 40.3 Å². The summed E-state index contributed by atoms with van der Waals surface area (Å²) in [5.74, 6) is 2.26. The molecule has 0 fully saturated rings. The van der Waals surface area contributed by atoms with Crippen LogP contribution in [0.5, 0.6) is 17.2 Å². The van der Waals surface area contributed by atoms with Gasteiger partial charge in [0.15, 0.2) is 11.5 Å². The zero-order valence-electron chi connectivity index (χ0n) is 17.2. The Bertz CT molecular complexity index is 1000. The lowest BCUT2D eigenvalue weighted by Crippen LogP contribution is -2.15. The number of aryl methyl sites for hydroxylation is 2. The van der Waals surface area contributed by atoms with Crippen LogP contribution in [0.4, 0.5) is 5.69 Å². The zero-order valence-corrected chi connectivity index (χ0v) is 17.2. The highest BCUT2D eigenvalue weighted by Gasteiger charge is 2.17. The van der Waals surface area contributed by atoms with E-state index in [1.54, 1.807) is 19.1 Å². The molecule has 0 spiro atoms. The lowest BCUT2D eigenvalue weighted by Gasteiger charge is -2.14. The maximum atomic E-state index is 12.6. The van der Waals surface area contributed by atoms with Crippen molar-refractivity contribution in [2.45, 2.75) is 20.3 Å². The SMILES string of the molecule is COc1cc(NC(=O)Cc2nc(-c3cccc(C)c3)oc2C)cc(OC)c1OC. The van der Waals surface area contributed by atoms with Gasteiger partial charge in [0.05, 0.1) is 33.4 Å². The average Bonchev–Trinajstić information content (AvgIpc) is 3.07. The Hall–Kier alpha value is -3.48. The molecule has 7 nitrogen and oxygen atoms in total. The predicted molar refractivity (Wildman–Crippen MR) is 110 cm³/mol. The van der Waals surface area contributed by atoms with E-state index in [2.05, 4.69) is 10.3 Å². The van der Waals surface area contributed by atoms with E-state index >= 15 is 0 Å². The number of ether oxygens (including phenoxy) is 3. The third-order valence-corrected chi connectivity index (χ3v) is 4.43. The number of hydrogen-bond acceptors (Lipinski definition) is 6. The van der Waals surface area contributed by atoms with Crippen LogP contribution in [0.15, 0.2) is 40.8 Å². The molecule has 3 aromatic rings. The molecular weight excluding hydrogens is 372 g/mol. The van der Waals surface area contributed by atoms with Crippen molar-refractivity contribution in [2.24, 2.45) is 0 Å². The molecule has 0 saturated heterocycles. The first-order valence-corrected chi connectivity index (χ1v) is 9.08. The van der Waals surface area contributed by atoms with Crippen molar-refractivity contribution in [1.29, 1.82) is 0 Å². The number of amides is 1. The minimum atomic E-state index is -0.230. The van der Waals surface area contributed by atoms with Gasteiger partial charge in [0.2, 0.25) is 17.5 Å². The second-order valence-corrected chi connectivity index (χ2v) is 6.53. The van der Waals surface area contributed by atoms with Gasteiger partial charge in [0, 0.05) is 23.4 Å². The third-order valence-electron chi connectivity index (χ3n) is 4.43. The third kappa shape index (κ3) is 4.51. The monoisotopic (exact) mass is 396 g/mol. The first kappa shape index (κ1) is 20.3. The molecule has 0 atom stereocenters. The van der Waals surface area contributed by atoms with Crippen molar-refractivity contribution in [1.82, 2.24) is 4.98 Å². The Morgan fingerprint density at radius 1 is 1.03 bits per heavy atom. The first-order valence-electron chi connectivity index (χ1n) is 9.08. The highest BCUT2D eigenvalue weighted by atomic mass is 16.5. The molecule has 0 radical (unpaired) electrons. The van der Waals surface area contributed by atoms with Crippen LogP contribution in [0, 0.1) is 13.8 Å². The maximum Gasteiger partial charge on any atom is 0.230 e. The van der Waals surface area contributed by atoms with Gasteiger partial charge in [-0.3, -0.25) is 4.79 Å². The zero-order chi connectivity index (χ0) is 21.0. The fourth-order valence-electron chi connectivity index (χ4n) is 3.00. The topological polar surface area (TPSA) is 82.8 Å². The molecule has 0 aliphatic carbocycles. The van der Waals surface area contributed by atoms with Crippen molar-refractivity contribution in [3.63, 3.8) is 0 Å². The summed E-state index contributed by atoms with van der Waals surface area (Å²) in [7, 11) is 4.57. The normalized spacial score (nSPS) is 10.5. The van der Waals surface area contributed by atoms with E-state index in [4.69, 9.17) is 18.6 Å². The average molecular weight is 396 g/mol. The molecule has 2 aromatic carbocycles. The van der Waals surface area contributed by atoms with Crippen molar-refractivity contribution in [2.75, 3.05) is 26.6 Å². The summed E-state index contributed by atoms with van der Waals surface area (Å²) >= 11 is 0. The van der Waals surface area contributed by atoms with E-state index in [1.807, 2.05) is 31.2 Å². The standard InChI is InChI=1S/C22H24N2O5/c1-13-7-6-8-15(9-13)22-24-17(14(2)29-22)12-20(25)23-16-10-18(26-3)21(28-5)19(11-16)27-4/h6-11H,12H2,1-5H3,(H,23,25). The minimum Gasteiger partial charge on any atom is -0.493 e. The first-order chi connectivity index (χ1) is 13.9. The summed E-state index contributed by atoms with van der Waals surface area (Å²) in [6.45, 7) is 3.80. The summed E-state index contributed by atoms with van der Waals surface area (Å²) in [6, 6.07) is 11.2. The summed E-state index contributed by atoms with van der Waals surface area (Å²) in [5.41, 5.74) is 3.11. The number of rotatable bonds is 7. The van der Waals surface area contributed by atoms with E-state index in [0.717, 1.165) is 11.1 Å². The Morgan fingerprint density at radius 3 is 2.31 bits per heavy atom. The molecule has 152 valence electrons. The molecular formula is C22H24N2O5. The Labute approximate surface area is 169 Å². The number of benzene rings is 2. The Balaban J connectivity index is 1.78. The van der Waals surface area contributed by atoms with Gasteiger partial charge in [0.1, 0.15) is 5.76 Å². The molecule has 0 aliphatic rings. The van der Waals surface area contributed by atoms with Crippen LogP contribution >= 0.6 is 0 Å². The van der Waals surface area contributed by atoms with Crippen LogP contribution < -0.4 is 19.5 Å². The number of nitrogens with zero attached hydrogens (tertiary/aromatic N) is 1. The molecule has 1 amide bonds. The van der Waals surface area contributed by atoms with Crippen molar-refractivity contribution in [3.8, 4) is 28.7 Å². The summed E-state index contributed by atoms with van der Waals surface area (Å²) in [4.78, 5) is 17.1. The fraction of sp³-hybridized carbons (Fsp3) is 0.273. The second kappa shape index (κ2) is 8.68. The van der Waals surface area contributed by atoms with Crippen LogP contribution in [-0.2, 0) is 11.2 Å². The van der Waals surface area contributed by atoms with E-state index in [-0.39, 0.29) is 12.3 Å². The van der Waals surface area contributed by atoms with Gasteiger partial charge in [-0.2, -0.15) is 0 Å². The number of carbonyl (C=O) groups is 1. The lowest BCUT2D eigenvalue weighted by atomic mass is 10.1. The van der Waals surface area contributed by atoms with Crippen molar-refractivity contribution in [3.05, 3.63) is 53.4 Å². The number of aromatic nitrogens is 1. The maximum absolute atomic E-state index is 12.6. The molecule has 29 heavy (non-hydrogen) atoms. The number of anilines is 1. The van der Waals surface area contributed by atoms with E-state index in [9.17, 15) is 4.79 Å². The van der Waals surface area contributed by atoms with Crippen LogP contribution in [0.1, 0.15) is 17.0 Å². The number of nitrogens with one attached hydrogen (secondary N) is 1. The van der Waals surface area contributed by atoms with E-state index in [1.165, 1.54) is 21.3 Å². The van der Waals surface area contributed by atoms with Crippen LogP contribution in [0.2, 0.25) is 0 Å². The number of oxazole rings is 1. The van der Waals surface area contributed by atoms with Crippen LogP contribution in [0.3, 0.4) is 0 Å². The van der Waals surface area contributed by atoms with Gasteiger partial charge in [-0.15, -0.1) is 0 Å². The molecule has 1 N–H and O–H groups in total.